The number of benzene rings is 1. The normalized spacial score (nSPS) is 20.1. The van der Waals surface area contributed by atoms with Crippen molar-refractivity contribution in [3.8, 4) is 0 Å². The topological polar surface area (TPSA) is 53.4 Å². The molecule has 1 aliphatic heterocycles. The fraction of sp³-hybridized carbons (Fsp3) is 0.467. The summed E-state index contributed by atoms with van der Waals surface area (Å²) in [4.78, 5) is 10.7. The summed E-state index contributed by atoms with van der Waals surface area (Å²) in [6.45, 7) is 8.37. The maximum Gasteiger partial charge on any atom is 0.495 e. The van der Waals surface area contributed by atoms with Crippen LogP contribution < -0.4 is 5.46 Å². The fourth-order valence-electron chi connectivity index (χ4n) is 2.52. The van der Waals surface area contributed by atoms with Crippen LogP contribution in [-0.2, 0) is 20.6 Å². The van der Waals surface area contributed by atoms with Gasteiger partial charge in [0.05, 0.1) is 29.5 Å². The molecule has 1 fully saturated rings. The second-order valence-corrected chi connectivity index (χ2v) is 6.36. The van der Waals surface area contributed by atoms with Gasteiger partial charge in [0.25, 0.3) is 0 Å². The van der Waals surface area contributed by atoms with Gasteiger partial charge < -0.3 is 14.1 Å². The van der Waals surface area contributed by atoms with E-state index in [1.165, 1.54) is 0 Å². The van der Waals surface area contributed by atoms with Gasteiger partial charge in [0, 0.05) is 5.39 Å². The van der Waals surface area contributed by atoms with Crippen molar-refractivity contribution >= 4 is 29.8 Å². The molecule has 0 bridgehead atoms. The zero-order chi connectivity index (χ0) is 15.3. The van der Waals surface area contributed by atoms with Crippen LogP contribution in [0.1, 0.15) is 27.7 Å². The van der Waals surface area contributed by atoms with Crippen LogP contribution in [0.15, 0.2) is 24.4 Å². The highest BCUT2D eigenvalue weighted by atomic mass is 16.7. The van der Waals surface area contributed by atoms with Gasteiger partial charge in [-0.15, -0.1) is 0 Å². The van der Waals surface area contributed by atoms with E-state index in [4.69, 9.17) is 9.31 Å². The van der Waals surface area contributed by atoms with Crippen LogP contribution in [0.25, 0.3) is 10.9 Å². The Morgan fingerprint density at radius 1 is 1.24 bits per heavy atom. The molecule has 110 valence electrons. The van der Waals surface area contributed by atoms with Crippen LogP contribution in [0.2, 0.25) is 0 Å². The third kappa shape index (κ3) is 2.19. The highest BCUT2D eigenvalue weighted by Gasteiger charge is 2.52. The van der Waals surface area contributed by atoms with Gasteiger partial charge in [-0.05, 0) is 39.2 Å². The molecule has 0 atom stereocenters. The number of nitrogens with zero attached hydrogens (tertiary/aromatic N) is 2. The highest BCUT2D eigenvalue weighted by Crippen LogP contribution is 2.36. The van der Waals surface area contributed by atoms with E-state index in [2.05, 4.69) is 5.10 Å². The number of aromatic nitrogens is 2. The molecule has 0 radical (unpaired) electrons. The van der Waals surface area contributed by atoms with Crippen molar-refractivity contribution in [2.24, 2.45) is 0 Å². The van der Waals surface area contributed by atoms with Gasteiger partial charge in [-0.25, -0.2) is 0 Å². The van der Waals surface area contributed by atoms with Gasteiger partial charge in [-0.2, -0.15) is 5.10 Å². The summed E-state index contributed by atoms with van der Waals surface area (Å²) in [6.07, 6.45) is 2.60. The highest BCUT2D eigenvalue weighted by molar-refractivity contribution is 6.65. The summed E-state index contributed by atoms with van der Waals surface area (Å²) >= 11 is 0. The predicted octanol–water partition coefficient (Wildman–Crippen LogP) is 1.53. The Labute approximate surface area is 124 Å². The quantitative estimate of drug-likeness (QED) is 0.634. The largest absolute Gasteiger partial charge is 0.495 e. The summed E-state index contributed by atoms with van der Waals surface area (Å²) in [7, 11) is -0.424. The predicted molar refractivity (Wildman–Crippen MR) is 81.5 cm³/mol. The SMILES string of the molecule is CC1(C)OB(c2cccc3c2cnn3CC=O)OC1(C)C. The van der Waals surface area contributed by atoms with E-state index in [0.717, 1.165) is 22.7 Å². The van der Waals surface area contributed by atoms with Crippen molar-refractivity contribution in [1.29, 1.82) is 0 Å². The van der Waals surface area contributed by atoms with Gasteiger partial charge in [0.15, 0.2) is 0 Å². The Kier molecular flexibility index (Phi) is 3.18. The Hall–Kier alpha value is -1.66. The fourth-order valence-corrected chi connectivity index (χ4v) is 2.52. The number of aldehydes is 1. The molecule has 0 unspecified atom stereocenters. The molecular formula is C15H19BN2O3. The lowest BCUT2D eigenvalue weighted by Gasteiger charge is -2.32. The lowest BCUT2D eigenvalue weighted by molar-refractivity contribution is -0.108. The molecule has 0 aliphatic carbocycles. The molecule has 1 aromatic carbocycles. The summed E-state index contributed by atoms with van der Waals surface area (Å²) in [5, 5.41) is 5.22. The van der Waals surface area contributed by atoms with Gasteiger partial charge in [0.2, 0.25) is 0 Å². The van der Waals surface area contributed by atoms with Crippen molar-refractivity contribution < 1.29 is 14.1 Å². The van der Waals surface area contributed by atoms with E-state index in [0.29, 0.717) is 0 Å². The molecule has 1 saturated heterocycles. The molecule has 5 nitrogen and oxygen atoms in total. The molecule has 1 aromatic heterocycles. The minimum absolute atomic E-state index is 0.246. The molecule has 0 amide bonds. The van der Waals surface area contributed by atoms with Crippen LogP contribution in [-0.4, -0.2) is 34.4 Å². The molecular weight excluding hydrogens is 267 g/mol. The number of carbonyl (C=O) groups is 1. The number of fused-ring (bicyclic) bond motifs is 1. The van der Waals surface area contributed by atoms with E-state index < -0.39 is 7.12 Å². The minimum Gasteiger partial charge on any atom is -0.399 e. The first-order valence-electron chi connectivity index (χ1n) is 7.09. The third-order valence-electron chi connectivity index (χ3n) is 4.48. The summed E-state index contributed by atoms with van der Waals surface area (Å²) in [5.41, 5.74) is 1.11. The van der Waals surface area contributed by atoms with Crippen molar-refractivity contribution in [2.75, 3.05) is 0 Å². The van der Waals surface area contributed by atoms with Crippen molar-refractivity contribution in [1.82, 2.24) is 9.78 Å². The van der Waals surface area contributed by atoms with E-state index in [1.54, 1.807) is 10.9 Å². The van der Waals surface area contributed by atoms with Crippen LogP contribution in [0.5, 0.6) is 0 Å². The average Bonchev–Trinajstić information content (AvgIpc) is 2.89. The Morgan fingerprint density at radius 3 is 2.52 bits per heavy atom. The second kappa shape index (κ2) is 4.68. The van der Waals surface area contributed by atoms with E-state index in [1.807, 2.05) is 45.9 Å². The standard InChI is InChI=1S/C15H19BN2O3/c1-14(2)15(3,4)21-16(20-14)12-6-5-7-13-11(12)10-17-18(13)8-9-19/h5-7,9-10H,8H2,1-4H3. The number of hydrogen-bond acceptors (Lipinski definition) is 4. The Balaban J connectivity index is 2.04. The molecule has 2 heterocycles. The Bertz CT molecular complexity index is 677. The van der Waals surface area contributed by atoms with Gasteiger partial charge in [-0.3, -0.25) is 4.68 Å². The molecule has 3 rings (SSSR count). The first-order valence-corrected chi connectivity index (χ1v) is 7.09. The summed E-state index contributed by atoms with van der Waals surface area (Å²) in [6, 6.07) is 5.86. The van der Waals surface area contributed by atoms with Crippen molar-refractivity contribution in [2.45, 2.75) is 45.4 Å². The molecule has 1 aliphatic rings. The molecule has 0 spiro atoms. The van der Waals surface area contributed by atoms with Gasteiger partial charge >= 0.3 is 7.12 Å². The monoisotopic (exact) mass is 286 g/mol. The van der Waals surface area contributed by atoms with Crippen LogP contribution in [0.3, 0.4) is 0 Å². The zero-order valence-corrected chi connectivity index (χ0v) is 12.8. The van der Waals surface area contributed by atoms with Gasteiger partial charge in [0.1, 0.15) is 6.29 Å². The van der Waals surface area contributed by atoms with Crippen LogP contribution >= 0.6 is 0 Å². The number of rotatable bonds is 3. The van der Waals surface area contributed by atoms with E-state index in [-0.39, 0.29) is 17.7 Å². The molecule has 0 saturated carbocycles. The van der Waals surface area contributed by atoms with Crippen LogP contribution in [0.4, 0.5) is 0 Å². The number of carbonyl (C=O) groups excluding carboxylic acids is 1. The first kappa shape index (κ1) is 14.3. The van der Waals surface area contributed by atoms with Crippen molar-refractivity contribution in [3.05, 3.63) is 24.4 Å². The lowest BCUT2D eigenvalue weighted by Crippen LogP contribution is -2.41. The average molecular weight is 286 g/mol. The maximum atomic E-state index is 10.7. The Morgan fingerprint density at radius 2 is 1.90 bits per heavy atom. The second-order valence-electron chi connectivity index (χ2n) is 6.36. The lowest BCUT2D eigenvalue weighted by atomic mass is 9.77. The summed E-state index contributed by atoms with van der Waals surface area (Å²) in [5.74, 6) is 0. The molecule has 2 aromatic rings. The molecule has 21 heavy (non-hydrogen) atoms. The molecule has 6 heteroatoms. The molecule has 0 N–H and O–H groups in total. The third-order valence-corrected chi connectivity index (χ3v) is 4.48. The smallest absolute Gasteiger partial charge is 0.399 e. The first-order chi connectivity index (χ1) is 9.86. The van der Waals surface area contributed by atoms with E-state index >= 15 is 0 Å². The zero-order valence-electron chi connectivity index (χ0n) is 12.8. The van der Waals surface area contributed by atoms with E-state index in [9.17, 15) is 4.79 Å². The minimum atomic E-state index is -0.424. The number of hydrogen-bond donors (Lipinski definition) is 0. The van der Waals surface area contributed by atoms with Gasteiger partial charge in [-0.1, -0.05) is 12.1 Å². The summed E-state index contributed by atoms with van der Waals surface area (Å²) < 4.78 is 13.9. The van der Waals surface area contributed by atoms with Crippen molar-refractivity contribution in [3.63, 3.8) is 0 Å². The maximum absolute atomic E-state index is 10.7. The van der Waals surface area contributed by atoms with Crippen LogP contribution in [0, 0.1) is 0 Å².